The van der Waals surface area contributed by atoms with Crippen molar-refractivity contribution < 1.29 is 22.7 Å². The number of urea groups is 1. The molecule has 1 aliphatic heterocycles. The van der Waals surface area contributed by atoms with Gasteiger partial charge in [-0.1, -0.05) is 0 Å². The SMILES string of the molecule is COc1ccc(OC)c(CNC(=O)N(C)[C@H]2CCS(=O)(=O)C2)c1. The maximum atomic E-state index is 12.2. The maximum Gasteiger partial charge on any atom is 0.317 e. The molecule has 0 bridgehead atoms. The number of rotatable bonds is 5. The molecule has 8 heteroatoms. The third kappa shape index (κ3) is 4.28. The summed E-state index contributed by atoms with van der Waals surface area (Å²) in [6.07, 6.45) is 0.481. The second-order valence-corrected chi connectivity index (χ2v) is 7.73. The van der Waals surface area contributed by atoms with Crippen LogP contribution in [0.3, 0.4) is 0 Å². The number of amides is 2. The summed E-state index contributed by atoms with van der Waals surface area (Å²) >= 11 is 0. The van der Waals surface area contributed by atoms with Gasteiger partial charge in [0, 0.05) is 25.2 Å². The van der Waals surface area contributed by atoms with Crippen molar-refractivity contribution in [1.29, 1.82) is 0 Å². The van der Waals surface area contributed by atoms with Gasteiger partial charge in [0.1, 0.15) is 11.5 Å². The molecule has 0 unspecified atom stereocenters. The number of sulfone groups is 1. The molecule has 23 heavy (non-hydrogen) atoms. The van der Waals surface area contributed by atoms with Crippen molar-refractivity contribution in [3.63, 3.8) is 0 Å². The average molecular weight is 342 g/mol. The third-order valence-corrected chi connectivity index (χ3v) is 5.74. The predicted octanol–water partition coefficient (Wildman–Crippen LogP) is 1.03. The number of carbonyl (C=O) groups excluding carboxylic acids is 1. The Morgan fingerprint density at radius 3 is 2.65 bits per heavy atom. The van der Waals surface area contributed by atoms with Crippen LogP contribution >= 0.6 is 0 Å². The van der Waals surface area contributed by atoms with Crippen LogP contribution in [0.15, 0.2) is 18.2 Å². The Hall–Kier alpha value is -1.96. The quantitative estimate of drug-likeness (QED) is 0.864. The highest BCUT2D eigenvalue weighted by molar-refractivity contribution is 7.91. The van der Waals surface area contributed by atoms with Crippen molar-refractivity contribution >= 4 is 15.9 Å². The standard InChI is InChI=1S/C15H22N2O5S/c1-17(12-6-7-23(19,20)10-12)15(18)16-9-11-8-13(21-2)4-5-14(11)22-3/h4-5,8,12H,6-7,9-10H2,1-3H3,(H,16,18)/t12-/m0/s1. The van der Waals surface area contributed by atoms with E-state index in [2.05, 4.69) is 5.32 Å². The van der Waals surface area contributed by atoms with Gasteiger partial charge in [0.05, 0.1) is 25.7 Å². The highest BCUT2D eigenvalue weighted by Crippen LogP contribution is 2.24. The number of nitrogens with zero attached hydrogens (tertiary/aromatic N) is 1. The van der Waals surface area contributed by atoms with Gasteiger partial charge in [0.15, 0.2) is 9.84 Å². The van der Waals surface area contributed by atoms with Crippen molar-refractivity contribution in [2.45, 2.75) is 19.0 Å². The van der Waals surface area contributed by atoms with Gasteiger partial charge in [-0.15, -0.1) is 0 Å². The van der Waals surface area contributed by atoms with Crippen LogP contribution in [0, 0.1) is 0 Å². The molecule has 0 aliphatic carbocycles. The van der Waals surface area contributed by atoms with Gasteiger partial charge in [-0.2, -0.15) is 0 Å². The molecule has 1 aromatic carbocycles. The molecule has 0 saturated carbocycles. The molecule has 128 valence electrons. The first-order valence-electron chi connectivity index (χ1n) is 7.28. The van der Waals surface area contributed by atoms with Crippen molar-refractivity contribution in [2.24, 2.45) is 0 Å². The van der Waals surface area contributed by atoms with E-state index in [9.17, 15) is 13.2 Å². The lowest BCUT2D eigenvalue weighted by Crippen LogP contribution is -2.43. The molecule has 1 heterocycles. The van der Waals surface area contributed by atoms with Crippen molar-refractivity contribution in [2.75, 3.05) is 32.8 Å². The molecule has 7 nitrogen and oxygen atoms in total. The van der Waals surface area contributed by atoms with Crippen LogP contribution in [0.4, 0.5) is 4.79 Å². The number of ether oxygens (including phenoxy) is 2. The second kappa shape index (κ2) is 7.08. The fraction of sp³-hybridized carbons (Fsp3) is 0.533. The van der Waals surface area contributed by atoms with Gasteiger partial charge in [0.25, 0.3) is 0 Å². The molecule has 1 saturated heterocycles. The summed E-state index contributed by atoms with van der Waals surface area (Å²) in [7, 11) is 1.72. The molecule has 2 rings (SSSR count). The van der Waals surface area contributed by atoms with Gasteiger partial charge in [-0.25, -0.2) is 13.2 Å². The van der Waals surface area contributed by atoms with Crippen LogP contribution in [-0.4, -0.2) is 58.2 Å². The normalized spacial score (nSPS) is 19.2. The van der Waals surface area contributed by atoms with E-state index in [4.69, 9.17) is 9.47 Å². The van der Waals surface area contributed by atoms with Gasteiger partial charge < -0.3 is 19.7 Å². The molecular formula is C15H22N2O5S. The van der Waals surface area contributed by atoms with E-state index < -0.39 is 9.84 Å². The highest BCUT2D eigenvalue weighted by atomic mass is 32.2. The van der Waals surface area contributed by atoms with E-state index in [1.165, 1.54) is 4.90 Å². The third-order valence-electron chi connectivity index (χ3n) is 3.99. The average Bonchev–Trinajstić information content (AvgIpc) is 2.91. The van der Waals surface area contributed by atoms with Crippen molar-refractivity contribution in [1.82, 2.24) is 10.2 Å². The van der Waals surface area contributed by atoms with E-state index in [0.717, 1.165) is 5.56 Å². The van der Waals surface area contributed by atoms with Crippen LogP contribution < -0.4 is 14.8 Å². The van der Waals surface area contributed by atoms with Crippen LogP contribution in [-0.2, 0) is 16.4 Å². The first kappa shape index (κ1) is 17.4. The number of hydrogen-bond donors (Lipinski definition) is 1. The largest absolute Gasteiger partial charge is 0.497 e. The molecule has 1 fully saturated rings. The molecule has 1 aromatic rings. The number of benzene rings is 1. The first-order chi connectivity index (χ1) is 10.9. The molecule has 2 amide bonds. The summed E-state index contributed by atoms with van der Waals surface area (Å²) in [6, 6.07) is 4.76. The monoisotopic (exact) mass is 342 g/mol. The lowest BCUT2D eigenvalue weighted by atomic mass is 10.2. The summed E-state index contributed by atoms with van der Waals surface area (Å²) in [5.41, 5.74) is 0.785. The van der Waals surface area contributed by atoms with Crippen LogP contribution in [0.2, 0.25) is 0 Å². The molecule has 1 atom stereocenters. The number of hydrogen-bond acceptors (Lipinski definition) is 5. The van der Waals surface area contributed by atoms with Gasteiger partial charge >= 0.3 is 6.03 Å². The summed E-state index contributed by atoms with van der Waals surface area (Å²) in [4.78, 5) is 13.7. The lowest BCUT2D eigenvalue weighted by molar-refractivity contribution is 0.194. The number of nitrogens with one attached hydrogen (secondary N) is 1. The van der Waals surface area contributed by atoms with Gasteiger partial charge in [-0.05, 0) is 24.6 Å². The zero-order valence-corrected chi connectivity index (χ0v) is 14.4. The van der Waals surface area contributed by atoms with Gasteiger partial charge in [0.2, 0.25) is 0 Å². The second-order valence-electron chi connectivity index (χ2n) is 5.50. The van der Waals surface area contributed by atoms with Crippen molar-refractivity contribution in [3.05, 3.63) is 23.8 Å². The van der Waals surface area contributed by atoms with Crippen LogP contribution in [0.25, 0.3) is 0 Å². The molecule has 0 aromatic heterocycles. The lowest BCUT2D eigenvalue weighted by Gasteiger charge is -2.24. The predicted molar refractivity (Wildman–Crippen MR) is 86.6 cm³/mol. The fourth-order valence-corrected chi connectivity index (χ4v) is 4.34. The van der Waals surface area contributed by atoms with E-state index in [0.29, 0.717) is 17.9 Å². The Morgan fingerprint density at radius 1 is 1.35 bits per heavy atom. The zero-order valence-electron chi connectivity index (χ0n) is 13.5. The molecule has 0 spiro atoms. The topological polar surface area (TPSA) is 84.9 Å². The molecule has 1 aliphatic rings. The maximum absolute atomic E-state index is 12.2. The van der Waals surface area contributed by atoms with E-state index in [-0.39, 0.29) is 30.1 Å². The van der Waals surface area contributed by atoms with E-state index >= 15 is 0 Å². The Balaban J connectivity index is 1.99. The van der Waals surface area contributed by atoms with Crippen LogP contribution in [0.1, 0.15) is 12.0 Å². The highest BCUT2D eigenvalue weighted by Gasteiger charge is 2.32. The summed E-state index contributed by atoms with van der Waals surface area (Å²) in [5.74, 6) is 1.49. The smallest absolute Gasteiger partial charge is 0.317 e. The Morgan fingerprint density at radius 2 is 2.09 bits per heavy atom. The Labute approximate surface area is 136 Å². The first-order valence-corrected chi connectivity index (χ1v) is 9.10. The summed E-state index contributed by atoms with van der Waals surface area (Å²) in [6.45, 7) is 0.267. The minimum absolute atomic E-state index is 0.0272. The molecule has 1 N–H and O–H groups in total. The minimum Gasteiger partial charge on any atom is -0.497 e. The number of carbonyl (C=O) groups is 1. The van der Waals surface area contributed by atoms with E-state index in [1.807, 2.05) is 0 Å². The summed E-state index contributed by atoms with van der Waals surface area (Å²) in [5, 5.41) is 2.79. The zero-order chi connectivity index (χ0) is 17.0. The molecule has 0 radical (unpaired) electrons. The minimum atomic E-state index is -3.02. The molecular weight excluding hydrogens is 320 g/mol. The number of methoxy groups -OCH3 is 2. The summed E-state index contributed by atoms with van der Waals surface area (Å²) < 4.78 is 33.5. The van der Waals surface area contributed by atoms with Crippen LogP contribution in [0.5, 0.6) is 11.5 Å². The fourth-order valence-electron chi connectivity index (χ4n) is 2.56. The Kier molecular flexibility index (Phi) is 5.35. The van der Waals surface area contributed by atoms with E-state index in [1.54, 1.807) is 39.5 Å². The van der Waals surface area contributed by atoms with Crippen molar-refractivity contribution in [3.8, 4) is 11.5 Å². The Bertz CT molecular complexity index is 674. The van der Waals surface area contributed by atoms with Gasteiger partial charge in [-0.3, -0.25) is 0 Å².